The third-order valence-corrected chi connectivity index (χ3v) is 2.66. The number of benzene rings is 1. The highest BCUT2D eigenvalue weighted by molar-refractivity contribution is 5.27. The third kappa shape index (κ3) is 5.71. The maximum absolute atomic E-state index is 9.45. The fraction of sp³-hybridized carbons (Fsp3) is 0.571. The third-order valence-electron chi connectivity index (χ3n) is 2.66. The maximum atomic E-state index is 9.45. The highest BCUT2D eigenvalue weighted by Gasteiger charge is 2.10. The molecule has 3 nitrogen and oxygen atoms in total. The number of phenols is 1. The summed E-state index contributed by atoms with van der Waals surface area (Å²) in [5.41, 5.74) is 1.18. The number of hydrogen-bond donors (Lipinski definition) is 2. The van der Waals surface area contributed by atoms with E-state index in [2.05, 4.69) is 37.3 Å². The number of nitrogens with zero attached hydrogens (tertiary/aromatic N) is 1. The summed E-state index contributed by atoms with van der Waals surface area (Å²) in [5, 5.41) is 13.0. The van der Waals surface area contributed by atoms with Gasteiger partial charge in [0.05, 0.1) is 0 Å². The normalized spacial score (nSPS) is 12.9. The second-order valence-electron chi connectivity index (χ2n) is 4.79. The zero-order valence-electron chi connectivity index (χ0n) is 11.1. The second kappa shape index (κ2) is 7.30. The summed E-state index contributed by atoms with van der Waals surface area (Å²) in [7, 11) is 4.17. The number of rotatable bonds is 7. The van der Waals surface area contributed by atoms with E-state index in [1.54, 1.807) is 6.07 Å². The van der Waals surface area contributed by atoms with E-state index in [-0.39, 0.29) is 0 Å². The highest BCUT2D eigenvalue weighted by atomic mass is 16.3. The molecule has 0 spiro atoms. The Kier molecular flexibility index (Phi) is 6.01. The molecule has 0 saturated heterocycles. The molecule has 3 heteroatoms. The molecule has 0 fully saturated rings. The number of likely N-dealkylation sites (N-methyl/N-ethyl adjacent to an activating group) is 1. The van der Waals surface area contributed by atoms with Crippen LogP contribution in [0, 0.1) is 0 Å². The number of hydrogen-bond acceptors (Lipinski definition) is 3. The van der Waals surface area contributed by atoms with Gasteiger partial charge in [0.1, 0.15) is 5.75 Å². The SMILES string of the molecule is CCCNC(Cc1cccc(O)c1)CN(C)C. The molecule has 0 bridgehead atoms. The Hall–Kier alpha value is -1.06. The predicted octanol–water partition coefficient (Wildman–Crippen LogP) is 1.86. The quantitative estimate of drug-likeness (QED) is 0.758. The average Bonchev–Trinajstić information content (AvgIpc) is 2.25. The molecule has 0 aliphatic carbocycles. The van der Waals surface area contributed by atoms with Crippen molar-refractivity contribution in [1.82, 2.24) is 10.2 Å². The van der Waals surface area contributed by atoms with Crippen LogP contribution >= 0.6 is 0 Å². The maximum Gasteiger partial charge on any atom is 0.115 e. The Balaban J connectivity index is 2.58. The zero-order chi connectivity index (χ0) is 12.7. The van der Waals surface area contributed by atoms with Crippen molar-refractivity contribution < 1.29 is 5.11 Å². The van der Waals surface area contributed by atoms with E-state index in [0.29, 0.717) is 11.8 Å². The molecule has 1 atom stereocenters. The van der Waals surface area contributed by atoms with Crippen LogP contribution in [0.25, 0.3) is 0 Å². The van der Waals surface area contributed by atoms with Crippen molar-refractivity contribution in [3.05, 3.63) is 29.8 Å². The standard InChI is InChI=1S/C14H24N2O/c1-4-8-15-13(11-16(2)3)9-12-6-5-7-14(17)10-12/h5-7,10,13,15,17H,4,8-9,11H2,1-3H3. The molecule has 0 saturated carbocycles. The first-order chi connectivity index (χ1) is 8.11. The Labute approximate surface area is 104 Å². The lowest BCUT2D eigenvalue weighted by molar-refractivity contribution is 0.336. The molecular formula is C14H24N2O. The molecule has 1 aromatic rings. The van der Waals surface area contributed by atoms with Crippen molar-refractivity contribution in [3.63, 3.8) is 0 Å². The molecular weight excluding hydrogens is 212 g/mol. The molecule has 0 radical (unpaired) electrons. The molecule has 2 N–H and O–H groups in total. The lowest BCUT2D eigenvalue weighted by Crippen LogP contribution is -2.40. The van der Waals surface area contributed by atoms with Crippen LogP contribution in [0.15, 0.2) is 24.3 Å². The van der Waals surface area contributed by atoms with Gasteiger partial charge in [0.15, 0.2) is 0 Å². The van der Waals surface area contributed by atoms with Crippen LogP contribution in [0.3, 0.4) is 0 Å². The van der Waals surface area contributed by atoms with E-state index >= 15 is 0 Å². The summed E-state index contributed by atoms with van der Waals surface area (Å²) in [6.45, 7) is 4.22. The Morgan fingerprint density at radius 3 is 2.71 bits per heavy atom. The van der Waals surface area contributed by atoms with E-state index < -0.39 is 0 Å². The van der Waals surface area contributed by atoms with Gasteiger partial charge in [-0.25, -0.2) is 0 Å². The largest absolute Gasteiger partial charge is 0.508 e. The fourth-order valence-corrected chi connectivity index (χ4v) is 1.96. The van der Waals surface area contributed by atoms with Crippen molar-refractivity contribution in [1.29, 1.82) is 0 Å². The van der Waals surface area contributed by atoms with Gasteiger partial charge < -0.3 is 15.3 Å². The van der Waals surface area contributed by atoms with Crippen LogP contribution < -0.4 is 5.32 Å². The van der Waals surface area contributed by atoms with Gasteiger partial charge in [0.25, 0.3) is 0 Å². The molecule has 0 aliphatic rings. The summed E-state index contributed by atoms with van der Waals surface area (Å²) in [6, 6.07) is 7.96. The van der Waals surface area contributed by atoms with E-state index in [4.69, 9.17) is 0 Å². The molecule has 0 aromatic heterocycles. The van der Waals surface area contributed by atoms with Gasteiger partial charge in [0, 0.05) is 12.6 Å². The Morgan fingerprint density at radius 1 is 1.35 bits per heavy atom. The lowest BCUT2D eigenvalue weighted by Gasteiger charge is -2.22. The first-order valence-corrected chi connectivity index (χ1v) is 6.28. The Morgan fingerprint density at radius 2 is 2.12 bits per heavy atom. The summed E-state index contributed by atoms with van der Waals surface area (Å²) in [4.78, 5) is 2.19. The van der Waals surface area contributed by atoms with Gasteiger partial charge in [-0.1, -0.05) is 19.1 Å². The summed E-state index contributed by atoms with van der Waals surface area (Å²) >= 11 is 0. The second-order valence-corrected chi connectivity index (χ2v) is 4.79. The van der Waals surface area contributed by atoms with Gasteiger partial charge in [0.2, 0.25) is 0 Å². The molecule has 1 aromatic carbocycles. The van der Waals surface area contributed by atoms with E-state index in [1.807, 2.05) is 12.1 Å². The fourth-order valence-electron chi connectivity index (χ4n) is 1.96. The first-order valence-electron chi connectivity index (χ1n) is 6.28. The number of phenolic OH excluding ortho intramolecular Hbond substituents is 1. The van der Waals surface area contributed by atoms with Crippen LogP contribution in [0.2, 0.25) is 0 Å². The minimum absolute atomic E-state index is 0.349. The van der Waals surface area contributed by atoms with Gasteiger partial charge in [-0.05, 0) is 51.2 Å². The van der Waals surface area contributed by atoms with Crippen molar-refractivity contribution in [2.75, 3.05) is 27.2 Å². The van der Waals surface area contributed by atoms with Crippen LogP contribution in [0.4, 0.5) is 0 Å². The molecule has 0 amide bonds. The zero-order valence-corrected chi connectivity index (χ0v) is 11.1. The van der Waals surface area contributed by atoms with Crippen molar-refractivity contribution >= 4 is 0 Å². The minimum Gasteiger partial charge on any atom is -0.508 e. The van der Waals surface area contributed by atoms with Crippen LogP contribution in [0.1, 0.15) is 18.9 Å². The lowest BCUT2D eigenvalue weighted by atomic mass is 10.1. The predicted molar refractivity (Wildman–Crippen MR) is 72.4 cm³/mol. The van der Waals surface area contributed by atoms with Crippen LogP contribution in [-0.2, 0) is 6.42 Å². The minimum atomic E-state index is 0.349. The molecule has 0 aliphatic heterocycles. The molecule has 17 heavy (non-hydrogen) atoms. The monoisotopic (exact) mass is 236 g/mol. The topological polar surface area (TPSA) is 35.5 Å². The molecule has 0 heterocycles. The van der Waals surface area contributed by atoms with Crippen molar-refractivity contribution in [2.24, 2.45) is 0 Å². The summed E-state index contributed by atoms with van der Waals surface area (Å²) in [5.74, 6) is 0.349. The highest BCUT2D eigenvalue weighted by Crippen LogP contribution is 2.12. The van der Waals surface area contributed by atoms with Gasteiger partial charge in [-0.15, -0.1) is 0 Å². The van der Waals surface area contributed by atoms with Gasteiger partial charge in [-0.3, -0.25) is 0 Å². The number of aromatic hydroxyl groups is 1. The summed E-state index contributed by atoms with van der Waals surface area (Å²) < 4.78 is 0. The molecule has 1 unspecified atom stereocenters. The van der Waals surface area contributed by atoms with E-state index in [1.165, 1.54) is 5.56 Å². The first kappa shape index (κ1) is 14.0. The smallest absolute Gasteiger partial charge is 0.115 e. The average molecular weight is 236 g/mol. The molecule has 96 valence electrons. The Bertz CT molecular complexity index is 326. The van der Waals surface area contributed by atoms with E-state index in [0.717, 1.165) is 25.9 Å². The van der Waals surface area contributed by atoms with Crippen molar-refractivity contribution in [3.8, 4) is 5.75 Å². The molecule has 1 rings (SSSR count). The summed E-state index contributed by atoms with van der Waals surface area (Å²) in [6.07, 6.45) is 2.09. The van der Waals surface area contributed by atoms with Crippen molar-refractivity contribution in [2.45, 2.75) is 25.8 Å². The van der Waals surface area contributed by atoms with Crippen LogP contribution in [0.5, 0.6) is 5.75 Å². The number of nitrogens with one attached hydrogen (secondary N) is 1. The van der Waals surface area contributed by atoms with Crippen LogP contribution in [-0.4, -0.2) is 43.2 Å². The van der Waals surface area contributed by atoms with Gasteiger partial charge >= 0.3 is 0 Å². The van der Waals surface area contributed by atoms with E-state index in [9.17, 15) is 5.11 Å². The van der Waals surface area contributed by atoms with Gasteiger partial charge in [-0.2, -0.15) is 0 Å².